The first kappa shape index (κ1) is 15.8. The monoisotopic (exact) mass is 324 g/mol. The van der Waals surface area contributed by atoms with Crippen LogP contribution in [0.25, 0.3) is 0 Å². The second-order valence-corrected chi connectivity index (χ2v) is 5.76. The van der Waals surface area contributed by atoms with E-state index in [4.69, 9.17) is 15.2 Å². The highest BCUT2D eigenvalue weighted by molar-refractivity contribution is 5.92. The van der Waals surface area contributed by atoms with Crippen LogP contribution in [0, 0.1) is 0 Å². The summed E-state index contributed by atoms with van der Waals surface area (Å²) in [5, 5.41) is 13.0. The maximum Gasteiger partial charge on any atom is 0.323 e. The molecule has 126 valence electrons. The summed E-state index contributed by atoms with van der Waals surface area (Å²) in [6, 6.07) is -0.219. The van der Waals surface area contributed by atoms with Gasteiger partial charge in [0.05, 0.1) is 6.10 Å². The average molecular weight is 324 g/mol. The molecule has 2 fully saturated rings. The zero-order valence-corrected chi connectivity index (χ0v) is 12.6. The number of hydrogen-bond acceptors (Lipinski definition) is 7. The minimum absolute atomic E-state index is 0.172. The zero-order valence-electron chi connectivity index (χ0n) is 12.6. The number of hydrogen-bond donors (Lipinski definition) is 3. The lowest BCUT2D eigenvalue weighted by Crippen LogP contribution is -2.34. The van der Waals surface area contributed by atoms with Crippen LogP contribution in [-0.4, -0.2) is 51.8 Å². The van der Waals surface area contributed by atoms with Gasteiger partial charge in [0, 0.05) is 0 Å². The summed E-state index contributed by atoms with van der Waals surface area (Å²) >= 11 is 0. The van der Waals surface area contributed by atoms with Crippen molar-refractivity contribution in [1.82, 2.24) is 14.9 Å². The fourth-order valence-corrected chi connectivity index (χ4v) is 2.91. The van der Waals surface area contributed by atoms with Gasteiger partial charge in [0.2, 0.25) is 5.88 Å². The van der Waals surface area contributed by atoms with Gasteiger partial charge in [-0.05, 0) is 32.2 Å². The minimum atomic E-state index is -0.797. The van der Waals surface area contributed by atoms with Crippen LogP contribution in [0.2, 0.25) is 0 Å². The number of primary amides is 1. The molecule has 2 aliphatic heterocycles. The van der Waals surface area contributed by atoms with E-state index >= 15 is 0 Å². The second kappa shape index (κ2) is 6.55. The summed E-state index contributed by atoms with van der Waals surface area (Å²) in [5.41, 5.74) is 4.93. The molecule has 3 unspecified atom stereocenters. The molecule has 3 heterocycles. The lowest BCUT2D eigenvalue weighted by molar-refractivity contribution is -0.150. The first-order valence-electron chi connectivity index (χ1n) is 7.67. The van der Waals surface area contributed by atoms with E-state index in [1.165, 1.54) is 10.9 Å². The fourth-order valence-electron chi connectivity index (χ4n) is 2.91. The summed E-state index contributed by atoms with van der Waals surface area (Å²) in [6.45, 7) is 1.01. The Morgan fingerprint density at radius 3 is 2.96 bits per heavy atom. The molecular weight excluding hydrogens is 304 g/mol. The number of imidazole rings is 1. The molecule has 2 saturated heterocycles. The summed E-state index contributed by atoms with van der Waals surface area (Å²) in [6.07, 6.45) is 3.69. The van der Waals surface area contributed by atoms with Gasteiger partial charge in [-0.15, -0.1) is 0 Å². The highest BCUT2D eigenvalue weighted by Gasteiger charge is 2.31. The van der Waals surface area contributed by atoms with Gasteiger partial charge < -0.3 is 25.6 Å². The van der Waals surface area contributed by atoms with E-state index in [2.05, 4.69) is 10.3 Å². The molecule has 0 radical (unpaired) electrons. The molecule has 3 rings (SSSR count). The molecule has 9 heteroatoms. The van der Waals surface area contributed by atoms with Crippen molar-refractivity contribution in [3.8, 4) is 5.88 Å². The predicted octanol–water partition coefficient (Wildman–Crippen LogP) is -0.340. The molecule has 0 aliphatic carbocycles. The van der Waals surface area contributed by atoms with Gasteiger partial charge in [0.15, 0.2) is 5.69 Å². The van der Waals surface area contributed by atoms with Gasteiger partial charge in [-0.2, -0.15) is 0 Å². The molecule has 1 aromatic rings. The maximum absolute atomic E-state index is 11.8. The van der Waals surface area contributed by atoms with E-state index in [0.29, 0.717) is 12.8 Å². The standard InChI is InChI=1S/C14H20N4O5/c15-12(19)11-13(20)18(7-17-11)10-4-3-8(23-10)6-22-14(21)9-2-1-5-16-9/h7-10,16,20H,1-6H2,(H2,15,19). The summed E-state index contributed by atoms with van der Waals surface area (Å²) in [5.74, 6) is -1.36. The topological polar surface area (TPSA) is 129 Å². The molecule has 1 aromatic heterocycles. The number of amides is 1. The van der Waals surface area contributed by atoms with Crippen LogP contribution in [0.4, 0.5) is 0 Å². The van der Waals surface area contributed by atoms with Gasteiger partial charge in [0.1, 0.15) is 25.2 Å². The Hall–Kier alpha value is -2.13. The number of aromatic hydroxyl groups is 1. The third-order valence-electron chi connectivity index (χ3n) is 4.15. The van der Waals surface area contributed by atoms with Gasteiger partial charge in [-0.3, -0.25) is 14.2 Å². The third kappa shape index (κ3) is 3.30. The summed E-state index contributed by atoms with van der Waals surface area (Å²) < 4.78 is 12.4. The SMILES string of the molecule is NC(=O)c1ncn(C2CCC(COC(=O)C3CCCN3)O2)c1O. The quantitative estimate of drug-likeness (QED) is 0.632. The van der Waals surface area contributed by atoms with Crippen LogP contribution in [0.5, 0.6) is 5.88 Å². The molecule has 3 atom stereocenters. The van der Waals surface area contributed by atoms with E-state index in [9.17, 15) is 14.7 Å². The Morgan fingerprint density at radius 2 is 2.30 bits per heavy atom. The van der Waals surface area contributed by atoms with Gasteiger partial charge >= 0.3 is 5.97 Å². The number of nitrogens with two attached hydrogens (primary N) is 1. The third-order valence-corrected chi connectivity index (χ3v) is 4.15. The van der Waals surface area contributed by atoms with Crippen LogP contribution >= 0.6 is 0 Å². The number of esters is 1. The van der Waals surface area contributed by atoms with Crippen molar-refractivity contribution in [3.63, 3.8) is 0 Å². The van der Waals surface area contributed by atoms with E-state index in [1.807, 2.05) is 0 Å². The molecule has 0 spiro atoms. The fraction of sp³-hybridized carbons (Fsp3) is 0.643. The number of nitrogens with zero attached hydrogens (tertiary/aromatic N) is 2. The van der Waals surface area contributed by atoms with Crippen molar-refractivity contribution in [2.45, 2.75) is 44.1 Å². The van der Waals surface area contributed by atoms with Crippen molar-refractivity contribution < 1.29 is 24.2 Å². The second-order valence-electron chi connectivity index (χ2n) is 5.76. The number of ether oxygens (including phenoxy) is 2. The largest absolute Gasteiger partial charge is 0.493 e. The molecule has 23 heavy (non-hydrogen) atoms. The molecule has 1 amide bonds. The molecular formula is C14H20N4O5. The first-order valence-corrected chi connectivity index (χ1v) is 7.67. The minimum Gasteiger partial charge on any atom is -0.493 e. The van der Waals surface area contributed by atoms with Crippen molar-refractivity contribution in [2.75, 3.05) is 13.2 Å². The maximum atomic E-state index is 11.8. The van der Waals surface area contributed by atoms with Crippen LogP contribution in [0.1, 0.15) is 42.4 Å². The number of nitrogens with one attached hydrogen (secondary N) is 1. The highest BCUT2D eigenvalue weighted by Crippen LogP contribution is 2.32. The number of aromatic nitrogens is 2. The molecule has 9 nitrogen and oxygen atoms in total. The number of rotatable bonds is 5. The van der Waals surface area contributed by atoms with E-state index < -0.39 is 12.1 Å². The van der Waals surface area contributed by atoms with Crippen LogP contribution in [-0.2, 0) is 14.3 Å². The van der Waals surface area contributed by atoms with Gasteiger partial charge in [0.25, 0.3) is 5.91 Å². The van der Waals surface area contributed by atoms with Crippen molar-refractivity contribution >= 4 is 11.9 Å². The van der Waals surface area contributed by atoms with Gasteiger partial charge in [-0.25, -0.2) is 4.98 Å². The van der Waals surface area contributed by atoms with Crippen molar-refractivity contribution in [3.05, 3.63) is 12.0 Å². The van der Waals surface area contributed by atoms with Crippen LogP contribution in [0.3, 0.4) is 0 Å². The Balaban J connectivity index is 1.52. The summed E-state index contributed by atoms with van der Waals surface area (Å²) in [7, 11) is 0. The van der Waals surface area contributed by atoms with E-state index in [1.54, 1.807) is 0 Å². The zero-order chi connectivity index (χ0) is 16.4. The smallest absolute Gasteiger partial charge is 0.323 e. The Labute approximate surface area is 132 Å². The lowest BCUT2D eigenvalue weighted by Gasteiger charge is -2.16. The molecule has 2 aliphatic rings. The van der Waals surface area contributed by atoms with Crippen LogP contribution in [0.15, 0.2) is 6.33 Å². The molecule has 4 N–H and O–H groups in total. The number of carbonyl (C=O) groups is 2. The van der Waals surface area contributed by atoms with Crippen molar-refractivity contribution in [2.24, 2.45) is 5.73 Å². The normalized spacial score (nSPS) is 27.2. The van der Waals surface area contributed by atoms with E-state index in [0.717, 1.165) is 19.4 Å². The average Bonchev–Trinajstić information content (AvgIpc) is 3.24. The lowest BCUT2D eigenvalue weighted by atomic mass is 10.2. The Bertz CT molecular complexity index is 596. The highest BCUT2D eigenvalue weighted by atomic mass is 16.6. The first-order chi connectivity index (χ1) is 11.1. The molecule has 0 bridgehead atoms. The van der Waals surface area contributed by atoms with Crippen molar-refractivity contribution in [1.29, 1.82) is 0 Å². The Morgan fingerprint density at radius 1 is 1.48 bits per heavy atom. The van der Waals surface area contributed by atoms with E-state index in [-0.39, 0.29) is 36.3 Å². The predicted molar refractivity (Wildman–Crippen MR) is 77.5 cm³/mol. The van der Waals surface area contributed by atoms with Crippen LogP contribution < -0.4 is 11.1 Å². The number of carbonyl (C=O) groups excluding carboxylic acids is 2. The Kier molecular flexibility index (Phi) is 4.49. The molecule has 0 saturated carbocycles. The van der Waals surface area contributed by atoms with Gasteiger partial charge in [-0.1, -0.05) is 0 Å². The molecule has 0 aromatic carbocycles. The summed E-state index contributed by atoms with van der Waals surface area (Å²) in [4.78, 5) is 26.7.